The Morgan fingerprint density at radius 2 is 2.00 bits per heavy atom. The zero-order valence-electron chi connectivity index (χ0n) is 15.0. The van der Waals surface area contributed by atoms with Gasteiger partial charge in [0.25, 0.3) is 0 Å². The SMILES string of the molecule is CCC1=C(C)C=[N+]=C(N2CCN(CC3CCCN(C)C3)CC2)N1. The standard InChI is InChI=1S/C18H31N5/c1-4-17-15(2)12-19-18(20-17)23-10-8-22(9-11-23)14-16-6-5-7-21(3)13-16/h12,16H,4-11,13-14H2,1-3H3/p+1. The molecule has 5 nitrogen and oxygen atoms in total. The zero-order chi connectivity index (χ0) is 16.2. The molecular weight excluding hydrogens is 286 g/mol. The number of guanidine groups is 1. The largest absolute Gasteiger partial charge is 0.445 e. The maximum Gasteiger partial charge on any atom is 0.445 e. The topological polar surface area (TPSA) is 35.9 Å². The third-order valence-corrected chi connectivity index (χ3v) is 5.38. The lowest BCUT2D eigenvalue weighted by Gasteiger charge is -2.37. The fourth-order valence-corrected chi connectivity index (χ4v) is 3.96. The van der Waals surface area contributed by atoms with Crippen molar-refractivity contribution in [3.63, 3.8) is 0 Å². The maximum absolute atomic E-state index is 4.61. The first-order valence-electron chi connectivity index (χ1n) is 9.19. The number of piperidine rings is 1. The van der Waals surface area contributed by atoms with Crippen LogP contribution in [0, 0.1) is 5.92 Å². The van der Waals surface area contributed by atoms with Crippen LogP contribution in [0.3, 0.4) is 0 Å². The second kappa shape index (κ2) is 7.52. The first-order chi connectivity index (χ1) is 11.2. The summed E-state index contributed by atoms with van der Waals surface area (Å²) in [5.41, 5.74) is 2.57. The van der Waals surface area contributed by atoms with Gasteiger partial charge in [0.15, 0.2) is 6.21 Å². The van der Waals surface area contributed by atoms with Gasteiger partial charge in [-0.1, -0.05) is 6.92 Å². The highest BCUT2D eigenvalue weighted by molar-refractivity contribution is 5.92. The van der Waals surface area contributed by atoms with E-state index in [-0.39, 0.29) is 0 Å². The molecule has 3 aliphatic heterocycles. The van der Waals surface area contributed by atoms with E-state index in [1.54, 1.807) is 0 Å². The summed E-state index contributed by atoms with van der Waals surface area (Å²) in [7, 11) is 2.26. The Morgan fingerprint density at radius 3 is 2.70 bits per heavy atom. The van der Waals surface area contributed by atoms with Crippen LogP contribution >= 0.6 is 0 Å². The molecule has 0 aromatic rings. The summed E-state index contributed by atoms with van der Waals surface area (Å²) < 4.78 is 4.61. The van der Waals surface area contributed by atoms with Crippen LogP contribution in [0.4, 0.5) is 0 Å². The predicted octanol–water partition coefficient (Wildman–Crippen LogP) is 0.727. The molecule has 0 saturated carbocycles. The minimum absolute atomic E-state index is 0.857. The molecule has 0 aromatic carbocycles. The molecular formula is C18H32N5+. The summed E-state index contributed by atoms with van der Waals surface area (Å²) in [6.07, 6.45) is 5.81. The lowest BCUT2D eigenvalue weighted by atomic mass is 9.97. The van der Waals surface area contributed by atoms with Crippen molar-refractivity contribution in [3.05, 3.63) is 11.3 Å². The van der Waals surface area contributed by atoms with Crippen molar-refractivity contribution in [1.29, 1.82) is 0 Å². The van der Waals surface area contributed by atoms with Crippen molar-refractivity contribution in [1.82, 2.24) is 24.7 Å². The molecule has 5 heteroatoms. The maximum atomic E-state index is 4.61. The number of hydrogen-bond acceptors (Lipinski definition) is 4. The summed E-state index contributed by atoms with van der Waals surface area (Å²) in [4.78, 5) is 7.54. The second-order valence-electron chi connectivity index (χ2n) is 7.28. The summed E-state index contributed by atoms with van der Waals surface area (Å²) in [5, 5.41) is 3.52. The normalized spacial score (nSPS) is 27.2. The molecule has 128 valence electrons. The van der Waals surface area contributed by atoms with E-state index < -0.39 is 0 Å². The Bertz CT molecular complexity index is 510. The predicted molar refractivity (Wildman–Crippen MR) is 97.6 cm³/mol. The summed E-state index contributed by atoms with van der Waals surface area (Å²) in [6.45, 7) is 12.6. The number of nitrogens with one attached hydrogen (secondary N) is 1. The number of hydrogen-bond donors (Lipinski definition) is 1. The third-order valence-electron chi connectivity index (χ3n) is 5.38. The molecule has 23 heavy (non-hydrogen) atoms. The van der Waals surface area contributed by atoms with E-state index in [1.165, 1.54) is 43.7 Å². The van der Waals surface area contributed by atoms with Crippen molar-refractivity contribution in [2.75, 3.05) is 52.9 Å². The average molecular weight is 318 g/mol. The summed E-state index contributed by atoms with van der Waals surface area (Å²) in [6, 6.07) is 0. The van der Waals surface area contributed by atoms with Crippen molar-refractivity contribution in [2.24, 2.45) is 5.92 Å². The number of rotatable bonds is 3. The minimum atomic E-state index is 0.857. The number of nitrogens with zero attached hydrogens (tertiary/aromatic N) is 4. The van der Waals surface area contributed by atoms with Crippen molar-refractivity contribution in [3.8, 4) is 0 Å². The number of allylic oxidation sites excluding steroid dienone is 2. The zero-order valence-corrected chi connectivity index (χ0v) is 15.0. The van der Waals surface area contributed by atoms with Crippen LogP contribution in [0.5, 0.6) is 0 Å². The Kier molecular flexibility index (Phi) is 5.42. The Morgan fingerprint density at radius 1 is 1.22 bits per heavy atom. The van der Waals surface area contributed by atoms with Gasteiger partial charge in [0.05, 0.1) is 18.8 Å². The first kappa shape index (κ1) is 16.6. The minimum Gasteiger partial charge on any atom is -0.306 e. The molecule has 0 amide bonds. The van der Waals surface area contributed by atoms with Crippen LogP contribution in [0.15, 0.2) is 11.3 Å². The van der Waals surface area contributed by atoms with Crippen molar-refractivity contribution in [2.45, 2.75) is 33.1 Å². The van der Waals surface area contributed by atoms with Crippen molar-refractivity contribution < 1.29 is 0 Å². The molecule has 3 aliphatic rings. The second-order valence-corrected chi connectivity index (χ2v) is 7.28. The quantitative estimate of drug-likeness (QED) is 0.778. The highest BCUT2D eigenvalue weighted by atomic mass is 15.3. The Labute approximate surface area is 140 Å². The molecule has 0 aliphatic carbocycles. The lowest BCUT2D eigenvalue weighted by molar-refractivity contribution is 0.120. The smallest absolute Gasteiger partial charge is 0.306 e. The van der Waals surface area contributed by atoms with Crippen LogP contribution < -0.4 is 9.98 Å². The molecule has 0 bridgehead atoms. The molecule has 1 atom stereocenters. The highest BCUT2D eigenvalue weighted by Crippen LogP contribution is 2.17. The number of piperazine rings is 1. The van der Waals surface area contributed by atoms with Gasteiger partial charge in [0, 0.05) is 31.8 Å². The fraction of sp³-hybridized carbons (Fsp3) is 0.778. The molecule has 1 N–H and O–H groups in total. The van der Waals surface area contributed by atoms with E-state index in [4.69, 9.17) is 0 Å². The van der Waals surface area contributed by atoms with E-state index in [1.807, 2.05) is 6.21 Å². The van der Waals surface area contributed by atoms with Gasteiger partial charge in [-0.15, -0.1) is 0 Å². The highest BCUT2D eigenvalue weighted by Gasteiger charge is 2.30. The lowest BCUT2D eigenvalue weighted by Crippen LogP contribution is -2.54. The van der Waals surface area contributed by atoms with Crippen LogP contribution in [0.25, 0.3) is 0 Å². The summed E-state index contributed by atoms with van der Waals surface area (Å²) >= 11 is 0. The molecule has 0 aromatic heterocycles. The van der Waals surface area contributed by atoms with Gasteiger partial charge in [-0.2, -0.15) is 0 Å². The van der Waals surface area contributed by atoms with E-state index >= 15 is 0 Å². The van der Waals surface area contributed by atoms with Gasteiger partial charge < -0.3 is 4.90 Å². The Balaban J connectivity index is 1.48. The first-order valence-corrected chi connectivity index (χ1v) is 9.19. The molecule has 2 saturated heterocycles. The molecule has 2 fully saturated rings. The van der Waals surface area contributed by atoms with E-state index in [9.17, 15) is 0 Å². The molecule has 3 heterocycles. The van der Waals surface area contributed by atoms with Gasteiger partial charge in [-0.05, 0) is 45.7 Å². The Hall–Kier alpha value is -1.29. The van der Waals surface area contributed by atoms with E-state index in [0.717, 1.165) is 44.5 Å². The van der Waals surface area contributed by atoms with E-state index in [2.05, 4.69) is 45.6 Å². The fourth-order valence-electron chi connectivity index (χ4n) is 3.96. The van der Waals surface area contributed by atoms with Crippen LogP contribution in [0.1, 0.15) is 33.1 Å². The van der Waals surface area contributed by atoms with Crippen LogP contribution in [-0.4, -0.2) is 79.7 Å². The monoisotopic (exact) mass is 318 g/mol. The average Bonchev–Trinajstić information content (AvgIpc) is 2.56. The molecule has 0 spiro atoms. The number of likely N-dealkylation sites (tertiary alicyclic amines) is 1. The van der Waals surface area contributed by atoms with Gasteiger partial charge in [-0.3, -0.25) is 4.90 Å². The van der Waals surface area contributed by atoms with Crippen molar-refractivity contribution >= 4 is 12.2 Å². The van der Waals surface area contributed by atoms with Gasteiger partial charge in [0.1, 0.15) is 0 Å². The molecule has 1 unspecified atom stereocenters. The van der Waals surface area contributed by atoms with E-state index in [0.29, 0.717) is 0 Å². The molecule has 3 rings (SSSR count). The third kappa shape index (κ3) is 4.17. The van der Waals surface area contributed by atoms with Gasteiger partial charge in [0.2, 0.25) is 0 Å². The summed E-state index contributed by atoms with van der Waals surface area (Å²) in [5.74, 6) is 1.90. The van der Waals surface area contributed by atoms with Crippen LogP contribution in [0.2, 0.25) is 0 Å². The van der Waals surface area contributed by atoms with Crippen LogP contribution in [-0.2, 0) is 0 Å². The molecule has 0 radical (unpaired) electrons. The van der Waals surface area contributed by atoms with Gasteiger partial charge >= 0.3 is 5.96 Å². The van der Waals surface area contributed by atoms with Gasteiger partial charge in [-0.25, -0.2) is 14.9 Å².